The lowest BCUT2D eigenvalue weighted by molar-refractivity contribution is 0.0209. The number of rotatable bonds is 2. The second kappa shape index (κ2) is 5.96. The molecule has 3 heterocycles. The first-order valence-corrected chi connectivity index (χ1v) is 7.51. The Morgan fingerprint density at radius 3 is 2.67 bits per heavy atom. The largest absolute Gasteiger partial charge is 0.379 e. The van der Waals surface area contributed by atoms with Crippen LogP contribution in [0.3, 0.4) is 0 Å². The minimum absolute atomic E-state index is 0.531. The molecule has 1 atom stereocenters. The van der Waals surface area contributed by atoms with E-state index in [1.807, 2.05) is 13.8 Å². The zero-order valence-electron chi connectivity index (χ0n) is 12.7. The minimum atomic E-state index is 0.531. The highest BCUT2D eigenvalue weighted by molar-refractivity contribution is 5.58. The number of hydrogen-bond acceptors (Lipinski definition) is 6. The summed E-state index contributed by atoms with van der Waals surface area (Å²) in [5.74, 6) is 0.747. The standard InChI is InChI=1S/C15H21N5O/c1-11-12(2)17-18-15(14(11)9-16)20-4-3-13(10-20)19-5-7-21-8-6-19/h13H,3-8,10H2,1-2H3. The van der Waals surface area contributed by atoms with Crippen molar-refractivity contribution in [1.29, 1.82) is 5.26 Å². The molecule has 1 unspecified atom stereocenters. The van der Waals surface area contributed by atoms with Gasteiger partial charge in [0.2, 0.25) is 0 Å². The lowest BCUT2D eigenvalue weighted by Gasteiger charge is -2.32. The van der Waals surface area contributed by atoms with Crippen LogP contribution < -0.4 is 4.90 Å². The average molecular weight is 287 g/mol. The molecule has 2 aliphatic heterocycles. The number of nitriles is 1. The highest BCUT2D eigenvalue weighted by atomic mass is 16.5. The van der Waals surface area contributed by atoms with E-state index in [0.717, 1.165) is 62.9 Å². The third kappa shape index (κ3) is 2.71. The second-order valence-corrected chi connectivity index (χ2v) is 5.76. The van der Waals surface area contributed by atoms with Crippen molar-refractivity contribution < 1.29 is 4.74 Å². The Balaban J connectivity index is 1.77. The molecule has 3 rings (SSSR count). The molecule has 2 fully saturated rings. The van der Waals surface area contributed by atoms with Crippen molar-refractivity contribution in [1.82, 2.24) is 15.1 Å². The van der Waals surface area contributed by atoms with Crippen molar-refractivity contribution in [3.8, 4) is 6.07 Å². The van der Waals surface area contributed by atoms with Gasteiger partial charge in [-0.05, 0) is 25.8 Å². The van der Waals surface area contributed by atoms with Crippen LogP contribution >= 0.6 is 0 Å². The molecule has 0 bridgehead atoms. The molecule has 0 N–H and O–H groups in total. The van der Waals surface area contributed by atoms with Gasteiger partial charge in [-0.3, -0.25) is 4.90 Å². The molecule has 0 spiro atoms. The average Bonchev–Trinajstić information content (AvgIpc) is 3.00. The maximum absolute atomic E-state index is 9.43. The van der Waals surface area contributed by atoms with Crippen LogP contribution in [0, 0.1) is 25.2 Å². The number of morpholine rings is 1. The number of aryl methyl sites for hydroxylation is 1. The van der Waals surface area contributed by atoms with Crippen LogP contribution in [0.4, 0.5) is 5.82 Å². The Labute approximate surface area is 125 Å². The first-order chi connectivity index (χ1) is 10.2. The summed E-state index contributed by atoms with van der Waals surface area (Å²) in [5.41, 5.74) is 2.45. The van der Waals surface area contributed by atoms with Gasteiger partial charge in [-0.25, -0.2) is 0 Å². The fraction of sp³-hybridized carbons (Fsp3) is 0.667. The molecule has 0 radical (unpaired) electrons. The molecule has 0 amide bonds. The smallest absolute Gasteiger partial charge is 0.169 e. The topological polar surface area (TPSA) is 65.3 Å². The lowest BCUT2D eigenvalue weighted by atomic mass is 10.1. The number of hydrogen-bond donors (Lipinski definition) is 0. The summed E-state index contributed by atoms with van der Waals surface area (Å²) in [4.78, 5) is 4.70. The van der Waals surface area contributed by atoms with Gasteiger partial charge < -0.3 is 9.64 Å². The van der Waals surface area contributed by atoms with Crippen molar-refractivity contribution in [2.45, 2.75) is 26.3 Å². The van der Waals surface area contributed by atoms with E-state index in [9.17, 15) is 5.26 Å². The van der Waals surface area contributed by atoms with Gasteiger partial charge in [0.15, 0.2) is 5.82 Å². The summed E-state index contributed by atoms with van der Waals surface area (Å²) in [7, 11) is 0. The maximum Gasteiger partial charge on any atom is 0.169 e. The maximum atomic E-state index is 9.43. The summed E-state index contributed by atoms with van der Waals surface area (Å²) in [6.07, 6.45) is 1.11. The molecule has 112 valence electrons. The van der Waals surface area contributed by atoms with E-state index in [-0.39, 0.29) is 0 Å². The van der Waals surface area contributed by atoms with E-state index in [1.54, 1.807) is 0 Å². The van der Waals surface area contributed by atoms with Gasteiger partial charge in [-0.1, -0.05) is 0 Å². The molecular formula is C15H21N5O. The van der Waals surface area contributed by atoms with Crippen LogP contribution in [0.2, 0.25) is 0 Å². The number of aromatic nitrogens is 2. The minimum Gasteiger partial charge on any atom is -0.379 e. The van der Waals surface area contributed by atoms with Gasteiger partial charge in [-0.15, -0.1) is 5.10 Å². The Morgan fingerprint density at radius 2 is 1.95 bits per heavy atom. The molecule has 6 heteroatoms. The summed E-state index contributed by atoms with van der Waals surface area (Å²) in [5, 5.41) is 17.9. The molecule has 6 nitrogen and oxygen atoms in total. The zero-order valence-corrected chi connectivity index (χ0v) is 12.7. The van der Waals surface area contributed by atoms with Crippen molar-refractivity contribution in [3.63, 3.8) is 0 Å². The van der Waals surface area contributed by atoms with Gasteiger partial charge in [0.1, 0.15) is 11.6 Å². The molecule has 2 aliphatic rings. The van der Waals surface area contributed by atoms with E-state index in [0.29, 0.717) is 11.6 Å². The molecule has 0 aliphatic carbocycles. The van der Waals surface area contributed by atoms with Gasteiger partial charge in [-0.2, -0.15) is 10.4 Å². The molecule has 0 aromatic carbocycles. The predicted octanol–water partition coefficient (Wildman–Crippen LogP) is 0.876. The molecular weight excluding hydrogens is 266 g/mol. The van der Waals surface area contributed by atoms with E-state index in [2.05, 4.69) is 26.1 Å². The van der Waals surface area contributed by atoms with Gasteiger partial charge in [0.05, 0.1) is 18.9 Å². The first-order valence-electron chi connectivity index (χ1n) is 7.51. The first kappa shape index (κ1) is 14.2. The Hall–Kier alpha value is -1.71. The Morgan fingerprint density at radius 1 is 1.19 bits per heavy atom. The fourth-order valence-corrected chi connectivity index (χ4v) is 3.13. The summed E-state index contributed by atoms with van der Waals surface area (Å²) >= 11 is 0. The summed E-state index contributed by atoms with van der Waals surface area (Å²) in [6.45, 7) is 9.35. The highest BCUT2D eigenvalue weighted by Gasteiger charge is 2.31. The third-order valence-electron chi connectivity index (χ3n) is 4.57. The van der Waals surface area contributed by atoms with Crippen LogP contribution in [-0.2, 0) is 4.74 Å². The van der Waals surface area contributed by atoms with Gasteiger partial charge >= 0.3 is 0 Å². The number of ether oxygens (including phenoxy) is 1. The SMILES string of the molecule is Cc1nnc(N2CCC(N3CCOCC3)C2)c(C#N)c1C. The van der Waals surface area contributed by atoms with Crippen LogP contribution in [-0.4, -0.2) is 60.5 Å². The van der Waals surface area contributed by atoms with Crippen molar-refractivity contribution in [3.05, 3.63) is 16.8 Å². The number of anilines is 1. The summed E-state index contributed by atoms with van der Waals surface area (Å²) in [6, 6.07) is 2.83. The normalized spacial score (nSPS) is 23.3. The van der Waals surface area contributed by atoms with Gasteiger partial charge in [0, 0.05) is 32.2 Å². The van der Waals surface area contributed by atoms with E-state index < -0.39 is 0 Å². The van der Waals surface area contributed by atoms with Crippen LogP contribution in [0.25, 0.3) is 0 Å². The van der Waals surface area contributed by atoms with Crippen molar-refractivity contribution in [2.75, 3.05) is 44.3 Å². The van der Waals surface area contributed by atoms with Crippen molar-refractivity contribution in [2.24, 2.45) is 0 Å². The molecule has 1 aromatic heterocycles. The predicted molar refractivity (Wildman–Crippen MR) is 79.2 cm³/mol. The fourth-order valence-electron chi connectivity index (χ4n) is 3.13. The summed E-state index contributed by atoms with van der Waals surface area (Å²) < 4.78 is 5.42. The van der Waals surface area contributed by atoms with Crippen LogP contribution in [0.5, 0.6) is 0 Å². The Bertz CT molecular complexity index is 562. The van der Waals surface area contributed by atoms with Crippen LogP contribution in [0.1, 0.15) is 23.2 Å². The molecule has 1 aromatic rings. The quantitative estimate of drug-likeness (QED) is 0.804. The van der Waals surface area contributed by atoms with E-state index in [1.165, 1.54) is 0 Å². The molecule has 2 saturated heterocycles. The van der Waals surface area contributed by atoms with Crippen molar-refractivity contribution >= 4 is 5.82 Å². The monoisotopic (exact) mass is 287 g/mol. The lowest BCUT2D eigenvalue weighted by Crippen LogP contribution is -2.44. The second-order valence-electron chi connectivity index (χ2n) is 5.76. The molecule has 0 saturated carbocycles. The van der Waals surface area contributed by atoms with Crippen LogP contribution in [0.15, 0.2) is 0 Å². The highest BCUT2D eigenvalue weighted by Crippen LogP contribution is 2.26. The van der Waals surface area contributed by atoms with Gasteiger partial charge in [0.25, 0.3) is 0 Å². The Kier molecular flexibility index (Phi) is 4.04. The van der Waals surface area contributed by atoms with E-state index >= 15 is 0 Å². The third-order valence-corrected chi connectivity index (χ3v) is 4.57. The van der Waals surface area contributed by atoms with E-state index in [4.69, 9.17) is 4.74 Å². The molecule has 21 heavy (non-hydrogen) atoms. The number of nitrogens with zero attached hydrogens (tertiary/aromatic N) is 5. The zero-order chi connectivity index (χ0) is 14.8.